The van der Waals surface area contributed by atoms with Gasteiger partial charge in [0.05, 0.1) is 12.2 Å². The molecule has 2 aromatic rings. The van der Waals surface area contributed by atoms with Crippen molar-refractivity contribution in [2.24, 2.45) is 0 Å². The Morgan fingerprint density at radius 1 is 1.42 bits per heavy atom. The molecule has 1 aromatic heterocycles. The van der Waals surface area contributed by atoms with Gasteiger partial charge in [0.15, 0.2) is 0 Å². The number of hydrogen-bond donors (Lipinski definition) is 0. The van der Waals surface area contributed by atoms with Crippen molar-refractivity contribution < 1.29 is 0 Å². The van der Waals surface area contributed by atoms with Crippen molar-refractivity contribution in [3.8, 4) is 23.7 Å². The Hall–Kier alpha value is -2.25. The molecule has 0 saturated heterocycles. The van der Waals surface area contributed by atoms with Crippen LogP contribution in [0.1, 0.15) is 11.3 Å². The summed E-state index contributed by atoms with van der Waals surface area (Å²) in [6.07, 6.45) is 5.33. The van der Waals surface area contributed by atoms with E-state index >= 15 is 0 Å². The average molecular weight is 268 g/mol. The number of rotatable bonds is 3. The van der Waals surface area contributed by atoms with E-state index in [1.165, 1.54) is 9.93 Å². The molecule has 0 radical (unpaired) electrons. The lowest BCUT2D eigenvalue weighted by Crippen LogP contribution is -2.26. The summed E-state index contributed by atoms with van der Waals surface area (Å²) in [5, 5.41) is 1.42. The third-order valence-electron chi connectivity index (χ3n) is 2.83. The zero-order valence-corrected chi connectivity index (χ0v) is 11.3. The minimum absolute atomic E-state index is 0.150. The second-order valence-corrected chi connectivity index (χ2v) is 4.26. The first-order valence-corrected chi connectivity index (χ1v) is 6.21. The lowest BCUT2D eigenvalue weighted by atomic mass is 10.2. The highest BCUT2D eigenvalue weighted by Crippen LogP contribution is 2.16. The molecular formula is C15H12N2OS. The van der Waals surface area contributed by atoms with Gasteiger partial charge in [0, 0.05) is 16.5 Å². The zero-order chi connectivity index (χ0) is 13.8. The van der Waals surface area contributed by atoms with Crippen molar-refractivity contribution in [3.05, 3.63) is 51.9 Å². The minimum Gasteiger partial charge on any atom is -0.281 e. The predicted molar refractivity (Wildman–Crippen MR) is 80.3 cm³/mol. The molecule has 0 spiro atoms. The molecule has 0 fully saturated rings. The largest absolute Gasteiger partial charge is 0.281 e. The van der Waals surface area contributed by atoms with Crippen molar-refractivity contribution >= 4 is 17.6 Å². The topological polar surface area (TPSA) is 34.9 Å². The minimum atomic E-state index is -0.150. The lowest BCUT2D eigenvalue weighted by Gasteiger charge is -2.12. The number of nitrogens with zero attached hydrogens (tertiary/aromatic N) is 2. The van der Waals surface area contributed by atoms with Crippen LogP contribution in [0.2, 0.25) is 0 Å². The summed E-state index contributed by atoms with van der Waals surface area (Å²) >= 11 is 4.91. The second-order valence-electron chi connectivity index (χ2n) is 4.02. The van der Waals surface area contributed by atoms with Crippen LogP contribution in [0.15, 0.2) is 35.1 Å². The Bertz CT molecular complexity index is 711. The van der Waals surface area contributed by atoms with Crippen LogP contribution >= 0.6 is 12.2 Å². The van der Waals surface area contributed by atoms with Gasteiger partial charge in [-0.2, -0.15) is 0 Å². The van der Waals surface area contributed by atoms with Gasteiger partial charge in [-0.25, -0.2) is 4.98 Å². The fourth-order valence-corrected chi connectivity index (χ4v) is 2.06. The Balaban J connectivity index is 2.79. The van der Waals surface area contributed by atoms with Crippen molar-refractivity contribution in [1.29, 1.82) is 0 Å². The standard InChI is InChI=1S/C15H12N2OS/c1-3-9-17-14(12-7-5-4-6-8-12)16-13(10-19)11(2)15(17)18/h1,4-8,10H,9H2,2H3. The number of aromatic nitrogens is 2. The molecule has 0 aliphatic carbocycles. The van der Waals surface area contributed by atoms with Crippen LogP contribution in [0.25, 0.3) is 11.4 Å². The Kier molecular flexibility index (Phi) is 3.88. The zero-order valence-electron chi connectivity index (χ0n) is 10.5. The summed E-state index contributed by atoms with van der Waals surface area (Å²) in [5.74, 6) is 3.03. The maximum Gasteiger partial charge on any atom is 0.258 e. The number of benzene rings is 1. The number of thiocarbonyl (C=S) groups is 1. The van der Waals surface area contributed by atoms with E-state index in [1.54, 1.807) is 6.92 Å². The fourth-order valence-electron chi connectivity index (χ4n) is 1.83. The molecule has 0 amide bonds. The quantitative estimate of drug-likeness (QED) is 0.632. The third kappa shape index (κ3) is 2.47. The SMILES string of the molecule is C#CCn1c(-c2ccccc2)nc(C=S)c(C)c1=O. The number of terminal acetylenes is 1. The van der Waals surface area contributed by atoms with Gasteiger partial charge in [-0.15, -0.1) is 6.42 Å². The summed E-state index contributed by atoms with van der Waals surface area (Å²) in [5.41, 5.74) is 1.73. The lowest BCUT2D eigenvalue weighted by molar-refractivity contribution is 0.770. The summed E-state index contributed by atoms with van der Waals surface area (Å²) in [4.78, 5) is 16.7. The van der Waals surface area contributed by atoms with E-state index in [4.69, 9.17) is 18.6 Å². The molecule has 0 bridgehead atoms. The second kappa shape index (κ2) is 5.59. The van der Waals surface area contributed by atoms with Gasteiger partial charge in [-0.1, -0.05) is 48.5 Å². The van der Waals surface area contributed by atoms with Gasteiger partial charge in [0.2, 0.25) is 0 Å². The van der Waals surface area contributed by atoms with Crippen LogP contribution in [-0.2, 0) is 6.54 Å². The van der Waals surface area contributed by atoms with E-state index in [1.807, 2.05) is 30.3 Å². The van der Waals surface area contributed by atoms with Crippen LogP contribution in [-0.4, -0.2) is 14.9 Å². The first kappa shape index (κ1) is 13.2. The molecule has 3 nitrogen and oxygen atoms in total. The third-order valence-corrected chi connectivity index (χ3v) is 3.05. The van der Waals surface area contributed by atoms with Crippen LogP contribution in [0.3, 0.4) is 0 Å². The molecule has 0 unspecified atom stereocenters. The smallest absolute Gasteiger partial charge is 0.258 e. The van der Waals surface area contributed by atoms with Gasteiger partial charge in [-0.3, -0.25) is 9.36 Å². The molecule has 0 aliphatic rings. The van der Waals surface area contributed by atoms with E-state index < -0.39 is 0 Å². The van der Waals surface area contributed by atoms with E-state index in [9.17, 15) is 4.79 Å². The molecule has 2 rings (SSSR count). The van der Waals surface area contributed by atoms with Gasteiger partial charge in [0.25, 0.3) is 5.56 Å². The van der Waals surface area contributed by atoms with Gasteiger partial charge < -0.3 is 0 Å². The van der Waals surface area contributed by atoms with Gasteiger partial charge >= 0.3 is 0 Å². The van der Waals surface area contributed by atoms with Crippen molar-refractivity contribution in [1.82, 2.24) is 9.55 Å². The molecule has 0 N–H and O–H groups in total. The highest BCUT2D eigenvalue weighted by molar-refractivity contribution is 7.79. The molecule has 1 heterocycles. The summed E-state index contributed by atoms with van der Waals surface area (Å²) in [7, 11) is 0. The van der Waals surface area contributed by atoms with E-state index in [2.05, 4.69) is 10.9 Å². The maximum atomic E-state index is 12.3. The average Bonchev–Trinajstić information content (AvgIpc) is 2.45. The highest BCUT2D eigenvalue weighted by atomic mass is 32.1. The maximum absolute atomic E-state index is 12.3. The first-order chi connectivity index (χ1) is 9.19. The van der Waals surface area contributed by atoms with Crippen molar-refractivity contribution in [2.45, 2.75) is 13.5 Å². The molecule has 19 heavy (non-hydrogen) atoms. The van der Waals surface area contributed by atoms with Crippen LogP contribution in [0.5, 0.6) is 0 Å². The molecule has 94 valence electrons. The van der Waals surface area contributed by atoms with E-state index in [0.717, 1.165) is 5.56 Å². The highest BCUT2D eigenvalue weighted by Gasteiger charge is 2.12. The monoisotopic (exact) mass is 268 g/mol. The molecule has 0 saturated carbocycles. The van der Waals surface area contributed by atoms with E-state index in [0.29, 0.717) is 17.1 Å². The summed E-state index contributed by atoms with van der Waals surface area (Å²) < 4.78 is 1.49. The molecular weight excluding hydrogens is 256 g/mol. The van der Waals surface area contributed by atoms with Crippen molar-refractivity contribution in [3.63, 3.8) is 0 Å². The van der Waals surface area contributed by atoms with Crippen LogP contribution < -0.4 is 5.56 Å². The summed E-state index contributed by atoms with van der Waals surface area (Å²) in [6.45, 7) is 1.89. The Morgan fingerprint density at radius 2 is 2.11 bits per heavy atom. The molecule has 1 aromatic carbocycles. The van der Waals surface area contributed by atoms with Gasteiger partial charge in [0.1, 0.15) is 5.82 Å². The molecule has 0 aliphatic heterocycles. The first-order valence-electron chi connectivity index (χ1n) is 5.74. The Morgan fingerprint density at radius 3 is 2.68 bits per heavy atom. The van der Waals surface area contributed by atoms with Gasteiger partial charge in [-0.05, 0) is 6.92 Å². The predicted octanol–water partition coefficient (Wildman–Crippen LogP) is 2.20. The molecule has 4 heteroatoms. The normalized spacial score (nSPS) is 9.89. The van der Waals surface area contributed by atoms with Crippen molar-refractivity contribution in [2.75, 3.05) is 0 Å². The Labute approximate surface area is 116 Å². The summed E-state index contributed by atoms with van der Waals surface area (Å²) in [6, 6.07) is 9.45. The van der Waals surface area contributed by atoms with Crippen LogP contribution in [0, 0.1) is 19.3 Å². The van der Waals surface area contributed by atoms with Crippen LogP contribution in [0.4, 0.5) is 0 Å². The van der Waals surface area contributed by atoms with E-state index in [-0.39, 0.29) is 12.1 Å². The fraction of sp³-hybridized carbons (Fsp3) is 0.133. The molecule has 0 atom stereocenters. The number of hydrogen-bond acceptors (Lipinski definition) is 3.